The largest absolute Gasteiger partial charge is 0.416 e. The van der Waals surface area contributed by atoms with E-state index < -0.39 is 23.5 Å². The molecule has 0 amide bonds. The van der Waals surface area contributed by atoms with Crippen molar-refractivity contribution in [2.24, 2.45) is 0 Å². The topological polar surface area (TPSA) is 3.24 Å². The molecule has 4 aromatic rings. The molecule has 7 heteroatoms. The number of hydrogen-bond acceptors (Lipinski definition) is 1. The highest BCUT2D eigenvalue weighted by molar-refractivity contribution is 5.86. The molecule has 1 atom stereocenters. The molecular formula is C32H31F6N. The molecule has 0 radical (unpaired) electrons. The molecule has 0 aliphatic carbocycles. The van der Waals surface area contributed by atoms with Gasteiger partial charge in [-0.25, -0.2) is 0 Å². The van der Waals surface area contributed by atoms with Gasteiger partial charge in [0.15, 0.2) is 0 Å². The molecule has 39 heavy (non-hydrogen) atoms. The third kappa shape index (κ3) is 7.63. The molecule has 0 aliphatic rings. The van der Waals surface area contributed by atoms with Gasteiger partial charge in [-0.3, -0.25) is 4.90 Å². The molecule has 0 bridgehead atoms. The summed E-state index contributed by atoms with van der Waals surface area (Å²) in [5, 5.41) is 2.25. The molecule has 4 rings (SSSR count). The predicted molar refractivity (Wildman–Crippen MR) is 143 cm³/mol. The molecule has 0 spiro atoms. The second-order valence-electron chi connectivity index (χ2n) is 9.88. The van der Waals surface area contributed by atoms with Gasteiger partial charge in [-0.1, -0.05) is 78.9 Å². The maximum Gasteiger partial charge on any atom is 0.416 e. The van der Waals surface area contributed by atoms with Crippen molar-refractivity contribution in [3.63, 3.8) is 0 Å². The van der Waals surface area contributed by atoms with Crippen LogP contribution in [0.2, 0.25) is 0 Å². The van der Waals surface area contributed by atoms with Crippen molar-refractivity contribution in [3.8, 4) is 0 Å². The summed E-state index contributed by atoms with van der Waals surface area (Å²) in [7, 11) is 0. The van der Waals surface area contributed by atoms with Crippen LogP contribution in [-0.4, -0.2) is 18.0 Å². The summed E-state index contributed by atoms with van der Waals surface area (Å²) in [6.07, 6.45) is -6.46. The van der Waals surface area contributed by atoms with Gasteiger partial charge in [0.2, 0.25) is 0 Å². The first-order valence-corrected chi connectivity index (χ1v) is 13.1. The number of benzene rings is 4. The van der Waals surface area contributed by atoms with Crippen LogP contribution < -0.4 is 0 Å². The minimum Gasteiger partial charge on any atom is -0.297 e. The summed E-state index contributed by atoms with van der Waals surface area (Å²) < 4.78 is 78.8. The summed E-state index contributed by atoms with van der Waals surface area (Å²) in [5.74, 6) is 0. The molecular weight excluding hydrogens is 512 g/mol. The Morgan fingerprint density at radius 1 is 0.615 bits per heavy atom. The highest BCUT2D eigenvalue weighted by Gasteiger charge is 2.31. The highest BCUT2D eigenvalue weighted by Crippen LogP contribution is 2.32. The fourth-order valence-corrected chi connectivity index (χ4v) is 5.09. The van der Waals surface area contributed by atoms with E-state index in [1.807, 2.05) is 18.2 Å². The molecule has 0 aromatic heterocycles. The average molecular weight is 544 g/mol. The minimum atomic E-state index is -4.38. The Balaban J connectivity index is 1.49. The van der Waals surface area contributed by atoms with E-state index in [0.717, 1.165) is 28.5 Å². The Kier molecular flexibility index (Phi) is 9.01. The molecule has 0 fully saturated rings. The molecule has 0 saturated heterocycles. The fraction of sp³-hybridized carbons (Fsp3) is 0.312. The number of nitrogens with zero attached hydrogens (tertiary/aromatic N) is 1. The maximum atomic E-state index is 13.1. The van der Waals surface area contributed by atoms with E-state index in [1.54, 1.807) is 12.1 Å². The fourth-order valence-electron chi connectivity index (χ4n) is 5.09. The third-order valence-electron chi connectivity index (χ3n) is 7.15. The van der Waals surface area contributed by atoms with Crippen LogP contribution in [0.5, 0.6) is 0 Å². The highest BCUT2D eigenvalue weighted by atomic mass is 19.4. The molecule has 0 saturated carbocycles. The summed E-state index contributed by atoms with van der Waals surface area (Å²) in [6, 6.07) is 25.1. The lowest BCUT2D eigenvalue weighted by Crippen LogP contribution is -2.30. The van der Waals surface area contributed by atoms with Crippen LogP contribution in [-0.2, 0) is 25.2 Å². The first-order valence-electron chi connectivity index (χ1n) is 13.1. The second kappa shape index (κ2) is 12.2. The Labute approximate surface area is 225 Å². The molecule has 0 heterocycles. The summed E-state index contributed by atoms with van der Waals surface area (Å²) in [4.78, 5) is 2.28. The monoisotopic (exact) mass is 543 g/mol. The summed E-state index contributed by atoms with van der Waals surface area (Å²) in [5.41, 5.74) is 1.11. The van der Waals surface area contributed by atoms with Crippen molar-refractivity contribution in [1.82, 2.24) is 4.90 Å². The van der Waals surface area contributed by atoms with E-state index in [4.69, 9.17) is 0 Å². The molecule has 0 N–H and O–H groups in total. The lowest BCUT2D eigenvalue weighted by molar-refractivity contribution is -0.138. The van der Waals surface area contributed by atoms with Crippen LogP contribution in [0.1, 0.15) is 53.6 Å². The van der Waals surface area contributed by atoms with Crippen LogP contribution in [0, 0.1) is 0 Å². The van der Waals surface area contributed by atoms with Gasteiger partial charge in [-0.2, -0.15) is 26.3 Å². The Morgan fingerprint density at radius 2 is 1.10 bits per heavy atom. The molecule has 206 valence electrons. The predicted octanol–water partition coefficient (Wildman–Crippen LogP) is 9.51. The van der Waals surface area contributed by atoms with Crippen LogP contribution in [0.4, 0.5) is 26.3 Å². The quantitative estimate of drug-likeness (QED) is 0.180. The number of alkyl halides is 6. The number of halogens is 6. The zero-order chi connectivity index (χ0) is 28.0. The maximum absolute atomic E-state index is 13.1. The summed E-state index contributed by atoms with van der Waals surface area (Å²) in [6.45, 7) is 3.39. The van der Waals surface area contributed by atoms with Gasteiger partial charge in [0.05, 0.1) is 11.1 Å². The van der Waals surface area contributed by atoms with Gasteiger partial charge < -0.3 is 0 Å². The number of fused-ring (bicyclic) bond motifs is 1. The van der Waals surface area contributed by atoms with E-state index in [9.17, 15) is 26.3 Å². The van der Waals surface area contributed by atoms with Gasteiger partial charge in [0.1, 0.15) is 0 Å². The molecule has 4 aromatic carbocycles. The molecule has 0 unspecified atom stereocenters. The van der Waals surface area contributed by atoms with Crippen LogP contribution in [0.25, 0.3) is 10.8 Å². The number of rotatable bonds is 10. The standard InChI is InChI=1S/C32H31F6N/c1-23(29-18-6-14-26-13-2-3-17-30(26)29)39(19-7-11-24-9-4-15-27(21-24)31(33,34)35)20-8-12-25-10-5-16-28(22-25)32(36,37)38/h2-6,9-10,13-18,21-23H,7-8,11-12,19-20H2,1H3/t23-/m1/s1. The Bertz CT molecular complexity index is 1310. The zero-order valence-electron chi connectivity index (χ0n) is 21.7. The summed E-state index contributed by atoms with van der Waals surface area (Å²) >= 11 is 0. The van der Waals surface area contributed by atoms with Crippen LogP contribution >= 0.6 is 0 Å². The van der Waals surface area contributed by atoms with Crippen molar-refractivity contribution in [2.75, 3.05) is 13.1 Å². The van der Waals surface area contributed by atoms with Crippen LogP contribution in [0.15, 0.2) is 91.0 Å². The van der Waals surface area contributed by atoms with Crippen molar-refractivity contribution in [1.29, 1.82) is 0 Å². The first-order chi connectivity index (χ1) is 18.5. The van der Waals surface area contributed by atoms with E-state index in [0.29, 0.717) is 49.9 Å². The third-order valence-corrected chi connectivity index (χ3v) is 7.15. The molecule has 0 aliphatic heterocycles. The first kappa shape index (κ1) is 28.7. The van der Waals surface area contributed by atoms with E-state index >= 15 is 0 Å². The normalized spacial score (nSPS) is 13.2. The minimum absolute atomic E-state index is 0.0131. The Hall–Kier alpha value is -3.32. The Morgan fingerprint density at radius 3 is 1.64 bits per heavy atom. The van der Waals surface area contributed by atoms with Crippen molar-refractivity contribution < 1.29 is 26.3 Å². The van der Waals surface area contributed by atoms with Crippen molar-refractivity contribution in [2.45, 2.75) is 51.0 Å². The lowest BCUT2D eigenvalue weighted by atomic mass is 9.97. The van der Waals surface area contributed by atoms with Crippen molar-refractivity contribution in [3.05, 3.63) is 119 Å². The zero-order valence-corrected chi connectivity index (χ0v) is 21.7. The SMILES string of the molecule is C[C@H](c1cccc2ccccc12)N(CCCc1cccc(C(F)(F)F)c1)CCCc1cccc(C(F)(F)F)c1. The van der Waals surface area contributed by atoms with E-state index in [1.165, 1.54) is 24.3 Å². The van der Waals surface area contributed by atoms with Gasteiger partial charge in [-0.15, -0.1) is 0 Å². The van der Waals surface area contributed by atoms with Gasteiger partial charge >= 0.3 is 12.4 Å². The van der Waals surface area contributed by atoms with Gasteiger partial charge in [0.25, 0.3) is 0 Å². The van der Waals surface area contributed by atoms with E-state index in [-0.39, 0.29) is 6.04 Å². The lowest BCUT2D eigenvalue weighted by Gasteiger charge is -2.30. The van der Waals surface area contributed by atoms with Gasteiger partial charge in [-0.05, 0) is 85.3 Å². The van der Waals surface area contributed by atoms with Crippen LogP contribution in [0.3, 0.4) is 0 Å². The molecule has 1 nitrogen and oxygen atoms in total. The second-order valence-corrected chi connectivity index (χ2v) is 9.88. The number of aryl methyl sites for hydroxylation is 2. The van der Waals surface area contributed by atoms with Crippen molar-refractivity contribution >= 4 is 10.8 Å². The van der Waals surface area contributed by atoms with Gasteiger partial charge in [0, 0.05) is 6.04 Å². The number of hydrogen-bond donors (Lipinski definition) is 0. The smallest absolute Gasteiger partial charge is 0.297 e. The average Bonchev–Trinajstić information content (AvgIpc) is 2.91. The van der Waals surface area contributed by atoms with E-state index in [2.05, 4.69) is 36.1 Å².